The molecule has 1 heterocycles. The van der Waals surface area contributed by atoms with Crippen molar-refractivity contribution in [3.8, 4) is 0 Å². The average molecular weight is 350 g/mol. The van der Waals surface area contributed by atoms with Crippen LogP contribution in [0.3, 0.4) is 0 Å². The summed E-state index contributed by atoms with van der Waals surface area (Å²) in [6, 6.07) is 12.8. The largest absolute Gasteiger partial charge is 0.326 e. The molecule has 0 saturated carbocycles. The first-order valence-corrected chi connectivity index (χ1v) is 8.86. The highest BCUT2D eigenvalue weighted by atomic mass is 16.2. The Labute approximate surface area is 153 Å². The van der Waals surface area contributed by atoms with Gasteiger partial charge < -0.3 is 5.32 Å². The number of rotatable bonds is 6. The van der Waals surface area contributed by atoms with Crippen molar-refractivity contribution >= 4 is 23.4 Å². The number of imide groups is 1. The van der Waals surface area contributed by atoms with Gasteiger partial charge in [0.1, 0.15) is 0 Å². The molecule has 0 radical (unpaired) electrons. The Kier molecular flexibility index (Phi) is 5.16. The maximum atomic E-state index is 12.3. The summed E-state index contributed by atoms with van der Waals surface area (Å²) >= 11 is 0. The zero-order valence-corrected chi connectivity index (χ0v) is 15.0. The normalized spacial score (nSPS) is 13.1. The highest BCUT2D eigenvalue weighted by Crippen LogP contribution is 2.23. The van der Waals surface area contributed by atoms with E-state index in [0.29, 0.717) is 17.5 Å². The van der Waals surface area contributed by atoms with Gasteiger partial charge in [-0.05, 0) is 43.0 Å². The second kappa shape index (κ2) is 7.52. The number of carbonyl (C=O) groups excluding carboxylic acids is 3. The van der Waals surface area contributed by atoms with Crippen molar-refractivity contribution in [1.82, 2.24) is 4.90 Å². The van der Waals surface area contributed by atoms with Gasteiger partial charge in [0, 0.05) is 18.7 Å². The van der Waals surface area contributed by atoms with Crippen molar-refractivity contribution in [3.63, 3.8) is 0 Å². The molecule has 5 nitrogen and oxygen atoms in total. The van der Waals surface area contributed by atoms with Crippen LogP contribution in [0.15, 0.2) is 42.5 Å². The smallest absolute Gasteiger partial charge is 0.261 e. The van der Waals surface area contributed by atoms with Gasteiger partial charge in [-0.15, -0.1) is 0 Å². The van der Waals surface area contributed by atoms with Gasteiger partial charge in [-0.25, -0.2) is 0 Å². The van der Waals surface area contributed by atoms with E-state index in [1.54, 1.807) is 24.3 Å². The summed E-state index contributed by atoms with van der Waals surface area (Å²) in [6.45, 7) is 4.26. The first kappa shape index (κ1) is 17.9. The van der Waals surface area contributed by atoms with Gasteiger partial charge in [0.15, 0.2) is 0 Å². The number of nitrogens with zero attached hydrogens (tertiary/aromatic N) is 1. The fourth-order valence-electron chi connectivity index (χ4n) is 3.24. The lowest BCUT2D eigenvalue weighted by atomic mass is 10.1. The summed E-state index contributed by atoms with van der Waals surface area (Å²) < 4.78 is 0. The molecular weight excluding hydrogens is 328 g/mol. The summed E-state index contributed by atoms with van der Waals surface area (Å²) in [5.41, 5.74) is 3.86. The highest BCUT2D eigenvalue weighted by molar-refractivity contribution is 6.21. The number of benzene rings is 2. The van der Waals surface area contributed by atoms with Crippen molar-refractivity contribution in [1.29, 1.82) is 0 Å². The van der Waals surface area contributed by atoms with Crippen molar-refractivity contribution in [2.24, 2.45) is 0 Å². The molecule has 0 atom stereocenters. The predicted octanol–water partition coefficient (Wildman–Crippen LogP) is 3.57. The van der Waals surface area contributed by atoms with Crippen LogP contribution in [0.1, 0.15) is 51.6 Å². The Morgan fingerprint density at radius 1 is 1.00 bits per heavy atom. The van der Waals surface area contributed by atoms with E-state index in [-0.39, 0.29) is 30.7 Å². The molecule has 5 heteroatoms. The molecule has 2 aromatic carbocycles. The van der Waals surface area contributed by atoms with Crippen LogP contribution >= 0.6 is 0 Å². The molecule has 3 amide bonds. The maximum absolute atomic E-state index is 12.3. The van der Waals surface area contributed by atoms with Crippen molar-refractivity contribution in [2.45, 2.75) is 33.1 Å². The lowest BCUT2D eigenvalue weighted by molar-refractivity contribution is -0.116. The van der Waals surface area contributed by atoms with E-state index in [2.05, 4.69) is 5.32 Å². The number of aryl methyl sites for hydroxylation is 2. The summed E-state index contributed by atoms with van der Waals surface area (Å²) in [5, 5.41) is 2.97. The Morgan fingerprint density at radius 3 is 2.27 bits per heavy atom. The minimum absolute atomic E-state index is 0.106. The van der Waals surface area contributed by atoms with Gasteiger partial charge in [-0.2, -0.15) is 0 Å². The van der Waals surface area contributed by atoms with Gasteiger partial charge >= 0.3 is 0 Å². The van der Waals surface area contributed by atoms with Gasteiger partial charge in [0.05, 0.1) is 11.1 Å². The molecule has 0 unspecified atom stereocenters. The molecule has 0 aliphatic carbocycles. The first-order chi connectivity index (χ1) is 12.5. The second-order valence-electron chi connectivity index (χ2n) is 6.42. The molecule has 2 aromatic rings. The monoisotopic (exact) mass is 350 g/mol. The van der Waals surface area contributed by atoms with Crippen LogP contribution in [0.2, 0.25) is 0 Å². The maximum Gasteiger partial charge on any atom is 0.261 e. The van der Waals surface area contributed by atoms with Gasteiger partial charge in [-0.1, -0.05) is 37.3 Å². The zero-order chi connectivity index (χ0) is 18.7. The second-order valence-corrected chi connectivity index (χ2v) is 6.42. The van der Waals surface area contributed by atoms with E-state index in [1.807, 2.05) is 32.0 Å². The molecule has 1 aliphatic heterocycles. The predicted molar refractivity (Wildman–Crippen MR) is 100 cm³/mol. The van der Waals surface area contributed by atoms with Crippen LogP contribution in [0.4, 0.5) is 5.69 Å². The average Bonchev–Trinajstić information content (AvgIpc) is 2.88. The molecule has 1 N–H and O–H groups in total. The van der Waals surface area contributed by atoms with E-state index in [1.165, 1.54) is 4.90 Å². The molecule has 0 bridgehead atoms. The van der Waals surface area contributed by atoms with E-state index in [4.69, 9.17) is 0 Å². The van der Waals surface area contributed by atoms with Gasteiger partial charge in [0.25, 0.3) is 11.8 Å². The number of fused-ring (bicyclic) bond motifs is 1. The Bertz CT molecular complexity index is 838. The van der Waals surface area contributed by atoms with Crippen LogP contribution in [0.5, 0.6) is 0 Å². The Morgan fingerprint density at radius 2 is 1.65 bits per heavy atom. The van der Waals surface area contributed by atoms with Crippen molar-refractivity contribution < 1.29 is 14.4 Å². The minimum Gasteiger partial charge on any atom is -0.326 e. The Hall–Kier alpha value is -2.95. The summed E-state index contributed by atoms with van der Waals surface area (Å²) in [4.78, 5) is 38.1. The molecule has 3 rings (SSSR count). The molecule has 0 aromatic heterocycles. The quantitative estimate of drug-likeness (QED) is 0.810. The van der Waals surface area contributed by atoms with Gasteiger partial charge in [0.2, 0.25) is 5.91 Å². The number of carbonyl (C=O) groups is 3. The van der Waals surface area contributed by atoms with Crippen LogP contribution < -0.4 is 5.32 Å². The fraction of sp³-hybridized carbons (Fsp3) is 0.286. The van der Waals surface area contributed by atoms with Crippen LogP contribution in [0, 0.1) is 6.92 Å². The third-order valence-corrected chi connectivity index (χ3v) is 4.67. The summed E-state index contributed by atoms with van der Waals surface area (Å²) in [5.74, 6) is -0.665. The highest BCUT2D eigenvalue weighted by Gasteiger charge is 2.34. The molecule has 0 spiro atoms. The summed E-state index contributed by atoms with van der Waals surface area (Å²) in [6.07, 6.45) is 1.53. The SMILES string of the molecule is CCc1cccc(C)c1NC(=O)CCCN1C(=O)c2ccccc2C1=O. The minimum atomic E-state index is -0.279. The molecule has 0 saturated heterocycles. The third kappa shape index (κ3) is 3.38. The van der Waals surface area contributed by atoms with Crippen LogP contribution in [-0.2, 0) is 11.2 Å². The number of para-hydroxylation sites is 1. The van der Waals surface area contributed by atoms with E-state index >= 15 is 0 Å². The molecule has 0 fully saturated rings. The molecular formula is C21H22N2O3. The third-order valence-electron chi connectivity index (χ3n) is 4.67. The van der Waals surface area contributed by atoms with E-state index < -0.39 is 0 Å². The van der Waals surface area contributed by atoms with Crippen molar-refractivity contribution in [2.75, 3.05) is 11.9 Å². The number of hydrogen-bond donors (Lipinski definition) is 1. The number of amides is 3. The number of nitrogens with one attached hydrogen (secondary N) is 1. The van der Waals surface area contributed by atoms with Crippen LogP contribution in [0.25, 0.3) is 0 Å². The Balaban J connectivity index is 1.57. The lowest BCUT2D eigenvalue weighted by Crippen LogP contribution is -2.31. The van der Waals surface area contributed by atoms with Crippen LogP contribution in [-0.4, -0.2) is 29.2 Å². The van der Waals surface area contributed by atoms with Gasteiger partial charge in [-0.3, -0.25) is 19.3 Å². The topological polar surface area (TPSA) is 66.5 Å². The van der Waals surface area contributed by atoms with E-state index in [0.717, 1.165) is 23.2 Å². The first-order valence-electron chi connectivity index (χ1n) is 8.86. The molecule has 26 heavy (non-hydrogen) atoms. The van der Waals surface area contributed by atoms with Crippen molar-refractivity contribution in [3.05, 3.63) is 64.7 Å². The number of anilines is 1. The van der Waals surface area contributed by atoms with E-state index in [9.17, 15) is 14.4 Å². The molecule has 1 aliphatic rings. The standard InChI is InChI=1S/C21H22N2O3/c1-3-15-9-6-8-14(2)19(15)22-18(24)12-7-13-23-20(25)16-10-4-5-11-17(16)21(23)26/h4-6,8-11H,3,7,12-13H2,1-2H3,(H,22,24). The summed E-state index contributed by atoms with van der Waals surface area (Å²) in [7, 11) is 0. The number of hydrogen-bond acceptors (Lipinski definition) is 3. The lowest BCUT2D eigenvalue weighted by Gasteiger charge is -2.15. The fourth-order valence-corrected chi connectivity index (χ4v) is 3.24. The zero-order valence-electron chi connectivity index (χ0n) is 15.0. The molecule has 134 valence electrons.